The Morgan fingerprint density at radius 2 is 2.30 bits per heavy atom. The lowest BCUT2D eigenvalue weighted by molar-refractivity contribution is -0.0498. The molecule has 1 aliphatic heterocycles. The number of ether oxygens (including phenoxy) is 2. The largest absolute Gasteiger partial charge is 0.435 e. The van der Waals surface area contributed by atoms with E-state index in [-0.39, 0.29) is 30.0 Å². The van der Waals surface area contributed by atoms with Crippen LogP contribution in [0.3, 0.4) is 0 Å². The highest BCUT2D eigenvalue weighted by molar-refractivity contribution is 5.96. The Kier molecular flexibility index (Phi) is 5.03. The predicted octanol–water partition coefficient (Wildman–Crippen LogP) is 2.24. The lowest BCUT2D eigenvalue weighted by atomic mass is 10.0. The molecule has 2 unspecified atom stereocenters. The third-order valence-electron chi connectivity index (χ3n) is 3.02. The minimum atomic E-state index is -2.89. The number of carbonyl (C=O) groups is 1. The molecule has 1 aromatic rings. The molecular formula is C14H17F2NO3. The Hall–Kier alpha value is -1.53. The molecule has 0 saturated carbocycles. The summed E-state index contributed by atoms with van der Waals surface area (Å²) in [6.07, 6.45) is 0.266. The number of benzene rings is 1. The lowest BCUT2D eigenvalue weighted by Crippen LogP contribution is -2.48. The van der Waals surface area contributed by atoms with E-state index in [1.165, 1.54) is 18.2 Å². The molecule has 1 saturated heterocycles. The molecule has 0 aliphatic carbocycles. The highest BCUT2D eigenvalue weighted by Gasteiger charge is 2.21. The first-order valence-corrected chi connectivity index (χ1v) is 6.46. The summed E-state index contributed by atoms with van der Waals surface area (Å²) in [6.45, 7) is 0.189. The second kappa shape index (κ2) is 6.76. The molecule has 6 heteroatoms. The molecule has 1 heterocycles. The number of alkyl halides is 2. The Labute approximate surface area is 116 Å². The van der Waals surface area contributed by atoms with Crippen molar-refractivity contribution in [1.82, 2.24) is 5.32 Å². The van der Waals surface area contributed by atoms with E-state index < -0.39 is 6.61 Å². The van der Waals surface area contributed by atoms with Gasteiger partial charge in [-0.25, -0.2) is 0 Å². The van der Waals surface area contributed by atoms with Gasteiger partial charge in [0, 0.05) is 24.1 Å². The van der Waals surface area contributed by atoms with Gasteiger partial charge < -0.3 is 14.8 Å². The number of nitrogens with one attached hydrogen (secondary N) is 1. The van der Waals surface area contributed by atoms with Gasteiger partial charge in [-0.3, -0.25) is 4.79 Å². The average Bonchev–Trinajstić information content (AvgIpc) is 2.38. The molecule has 1 aromatic carbocycles. The van der Waals surface area contributed by atoms with Gasteiger partial charge in [0.25, 0.3) is 0 Å². The summed E-state index contributed by atoms with van der Waals surface area (Å²) in [7, 11) is 0. The number of hydrogen-bond donors (Lipinski definition) is 1. The summed E-state index contributed by atoms with van der Waals surface area (Å²) < 4.78 is 33.9. The number of carbonyl (C=O) groups excluding carboxylic acids is 1. The summed E-state index contributed by atoms with van der Waals surface area (Å²) >= 11 is 0. The van der Waals surface area contributed by atoms with Crippen LogP contribution >= 0.6 is 0 Å². The van der Waals surface area contributed by atoms with Crippen LogP contribution in [0.25, 0.3) is 0 Å². The van der Waals surface area contributed by atoms with Gasteiger partial charge in [0.05, 0.1) is 13.2 Å². The summed E-state index contributed by atoms with van der Waals surface area (Å²) in [4.78, 5) is 12.1. The highest BCUT2D eigenvalue weighted by atomic mass is 19.3. The van der Waals surface area contributed by atoms with E-state index in [2.05, 4.69) is 10.1 Å². The molecular weight excluding hydrogens is 268 g/mol. The Morgan fingerprint density at radius 3 is 3.00 bits per heavy atom. The second-order valence-corrected chi connectivity index (χ2v) is 4.84. The third-order valence-corrected chi connectivity index (χ3v) is 3.02. The molecule has 0 radical (unpaired) electrons. The van der Waals surface area contributed by atoms with Crippen molar-refractivity contribution in [3.8, 4) is 5.75 Å². The van der Waals surface area contributed by atoms with Crippen LogP contribution in [0.4, 0.5) is 8.78 Å². The Morgan fingerprint density at radius 1 is 1.50 bits per heavy atom. The molecule has 0 amide bonds. The standard InChI is InChI=1S/C14H17F2NO3/c1-9-7-19-8-11(17-9)6-13(18)10-3-2-4-12(5-10)20-14(15)16/h2-5,9,11,14,17H,6-8H2,1H3. The number of ketones is 1. The molecule has 1 N–H and O–H groups in total. The summed E-state index contributed by atoms with van der Waals surface area (Å²) in [6, 6.07) is 6.00. The van der Waals surface area contributed by atoms with Crippen LogP contribution in [-0.4, -0.2) is 37.7 Å². The van der Waals surface area contributed by atoms with Crippen LogP contribution in [0.2, 0.25) is 0 Å². The molecule has 20 heavy (non-hydrogen) atoms. The van der Waals surface area contributed by atoms with Crippen LogP contribution in [0.1, 0.15) is 23.7 Å². The molecule has 1 aliphatic rings. The molecule has 4 nitrogen and oxygen atoms in total. The first kappa shape index (κ1) is 14.9. The van der Waals surface area contributed by atoms with E-state index in [0.29, 0.717) is 18.8 Å². The van der Waals surface area contributed by atoms with Crippen molar-refractivity contribution in [2.24, 2.45) is 0 Å². The molecule has 0 aromatic heterocycles. The summed E-state index contributed by atoms with van der Waals surface area (Å²) in [5.74, 6) is -0.132. The number of Topliss-reactive ketones (excluding diaryl/α,β-unsaturated/α-hetero) is 1. The zero-order valence-electron chi connectivity index (χ0n) is 11.1. The lowest BCUT2D eigenvalue weighted by Gasteiger charge is -2.28. The number of morpholine rings is 1. The van der Waals surface area contributed by atoms with Crippen LogP contribution in [-0.2, 0) is 4.74 Å². The predicted molar refractivity (Wildman–Crippen MR) is 69.2 cm³/mol. The van der Waals surface area contributed by atoms with E-state index >= 15 is 0 Å². The normalized spacial score (nSPS) is 22.8. The van der Waals surface area contributed by atoms with Gasteiger partial charge in [0.1, 0.15) is 5.75 Å². The number of hydrogen-bond acceptors (Lipinski definition) is 4. The topological polar surface area (TPSA) is 47.6 Å². The van der Waals surface area contributed by atoms with E-state index in [0.717, 1.165) is 0 Å². The molecule has 1 fully saturated rings. The number of rotatable bonds is 5. The zero-order valence-corrected chi connectivity index (χ0v) is 11.1. The van der Waals surface area contributed by atoms with Crippen molar-refractivity contribution in [1.29, 1.82) is 0 Å². The van der Waals surface area contributed by atoms with Gasteiger partial charge in [-0.15, -0.1) is 0 Å². The minimum absolute atomic E-state index is 0.00734. The van der Waals surface area contributed by atoms with Gasteiger partial charge in [0.15, 0.2) is 5.78 Å². The first-order chi connectivity index (χ1) is 9.54. The monoisotopic (exact) mass is 285 g/mol. The van der Waals surface area contributed by atoms with Crippen molar-refractivity contribution >= 4 is 5.78 Å². The fourth-order valence-electron chi connectivity index (χ4n) is 2.19. The second-order valence-electron chi connectivity index (χ2n) is 4.84. The Bertz CT molecular complexity index is 467. The maximum Gasteiger partial charge on any atom is 0.387 e. The molecule has 0 bridgehead atoms. The van der Waals surface area contributed by atoms with E-state index in [9.17, 15) is 13.6 Å². The van der Waals surface area contributed by atoms with Crippen molar-refractivity contribution in [3.05, 3.63) is 29.8 Å². The van der Waals surface area contributed by atoms with Gasteiger partial charge >= 0.3 is 6.61 Å². The molecule has 110 valence electrons. The van der Waals surface area contributed by atoms with Gasteiger partial charge in [-0.05, 0) is 19.1 Å². The van der Waals surface area contributed by atoms with Crippen molar-refractivity contribution in [2.45, 2.75) is 32.0 Å². The quantitative estimate of drug-likeness (QED) is 0.843. The van der Waals surface area contributed by atoms with Crippen molar-refractivity contribution in [2.75, 3.05) is 13.2 Å². The van der Waals surface area contributed by atoms with Gasteiger partial charge in [-0.1, -0.05) is 12.1 Å². The molecule has 2 rings (SSSR count). The van der Waals surface area contributed by atoms with Crippen molar-refractivity contribution in [3.63, 3.8) is 0 Å². The third kappa shape index (κ3) is 4.25. The maximum atomic E-state index is 12.1. The average molecular weight is 285 g/mol. The number of halogens is 2. The summed E-state index contributed by atoms with van der Waals surface area (Å²) in [5.41, 5.74) is 0.364. The molecule has 2 atom stereocenters. The fraction of sp³-hybridized carbons (Fsp3) is 0.500. The maximum absolute atomic E-state index is 12.1. The van der Waals surface area contributed by atoms with Crippen LogP contribution < -0.4 is 10.1 Å². The van der Waals surface area contributed by atoms with Crippen LogP contribution in [0.5, 0.6) is 5.75 Å². The van der Waals surface area contributed by atoms with Crippen molar-refractivity contribution < 1.29 is 23.0 Å². The zero-order chi connectivity index (χ0) is 14.5. The van der Waals surface area contributed by atoms with E-state index in [4.69, 9.17) is 4.74 Å². The first-order valence-electron chi connectivity index (χ1n) is 6.46. The van der Waals surface area contributed by atoms with Gasteiger partial charge in [-0.2, -0.15) is 8.78 Å². The summed E-state index contributed by atoms with van der Waals surface area (Å²) in [5, 5.41) is 3.27. The van der Waals surface area contributed by atoms with Gasteiger partial charge in [0.2, 0.25) is 0 Å². The van der Waals surface area contributed by atoms with Crippen LogP contribution in [0, 0.1) is 0 Å². The fourth-order valence-corrected chi connectivity index (χ4v) is 2.19. The SMILES string of the molecule is CC1COCC(CC(=O)c2cccc(OC(F)F)c2)N1. The van der Waals surface area contributed by atoms with Crippen LogP contribution in [0.15, 0.2) is 24.3 Å². The smallest absolute Gasteiger partial charge is 0.387 e. The molecule has 0 spiro atoms. The van der Waals surface area contributed by atoms with E-state index in [1.807, 2.05) is 6.92 Å². The minimum Gasteiger partial charge on any atom is -0.435 e. The van der Waals surface area contributed by atoms with E-state index in [1.54, 1.807) is 6.07 Å². The highest BCUT2D eigenvalue weighted by Crippen LogP contribution is 2.18. The Balaban J connectivity index is 1.98.